The van der Waals surface area contributed by atoms with Gasteiger partial charge >= 0.3 is 6.18 Å². The normalized spacial score (nSPS) is 13.2. The molecule has 0 fully saturated rings. The first-order valence-corrected chi connectivity index (χ1v) is 6.69. The minimum atomic E-state index is -4.36. The quantitative estimate of drug-likeness (QED) is 0.877. The van der Waals surface area contributed by atoms with Crippen LogP contribution in [0.3, 0.4) is 0 Å². The van der Waals surface area contributed by atoms with Gasteiger partial charge < -0.3 is 5.11 Å². The van der Waals surface area contributed by atoms with Crippen LogP contribution in [0.2, 0.25) is 0 Å². The molecule has 112 valence electrons. The molecular weight excluding hydrogens is 277 g/mol. The fraction of sp³-hybridized carbons (Fsp3) is 0.294. The molecule has 0 aliphatic heterocycles. The van der Waals surface area contributed by atoms with Crippen molar-refractivity contribution in [3.63, 3.8) is 0 Å². The predicted octanol–water partition coefficient (Wildman–Crippen LogP) is 4.60. The number of aryl methyl sites for hydroxylation is 2. The van der Waals surface area contributed by atoms with Crippen molar-refractivity contribution in [3.05, 3.63) is 70.3 Å². The molecule has 0 heterocycles. The van der Waals surface area contributed by atoms with Gasteiger partial charge in [0.1, 0.15) is 0 Å². The molecule has 0 bridgehead atoms. The minimum absolute atomic E-state index is 0.159. The second-order valence-corrected chi connectivity index (χ2v) is 5.26. The van der Waals surface area contributed by atoms with E-state index in [4.69, 9.17) is 0 Å². The third-order valence-corrected chi connectivity index (χ3v) is 3.60. The summed E-state index contributed by atoms with van der Waals surface area (Å²) in [4.78, 5) is 0. The van der Waals surface area contributed by atoms with Crippen molar-refractivity contribution in [3.8, 4) is 0 Å². The summed E-state index contributed by atoms with van der Waals surface area (Å²) in [5, 5.41) is 10.2. The highest BCUT2D eigenvalue weighted by molar-refractivity contribution is 5.33. The van der Waals surface area contributed by atoms with Gasteiger partial charge in [0.2, 0.25) is 0 Å². The monoisotopic (exact) mass is 294 g/mol. The molecule has 0 saturated carbocycles. The van der Waals surface area contributed by atoms with Gasteiger partial charge in [0.25, 0.3) is 0 Å². The number of hydrogen-bond acceptors (Lipinski definition) is 1. The number of aliphatic hydroxyl groups excluding tert-OH is 1. The van der Waals surface area contributed by atoms with Gasteiger partial charge in [0.05, 0.1) is 11.7 Å². The molecule has 0 amide bonds. The van der Waals surface area contributed by atoms with Gasteiger partial charge in [-0.2, -0.15) is 13.2 Å². The van der Waals surface area contributed by atoms with Crippen LogP contribution in [0.15, 0.2) is 42.5 Å². The van der Waals surface area contributed by atoms with Crippen LogP contribution in [0.5, 0.6) is 0 Å². The lowest BCUT2D eigenvalue weighted by molar-refractivity contribution is -0.137. The number of hydrogen-bond donors (Lipinski definition) is 1. The molecule has 2 rings (SSSR count). The first-order valence-electron chi connectivity index (χ1n) is 6.69. The fourth-order valence-corrected chi connectivity index (χ4v) is 2.19. The van der Waals surface area contributed by atoms with Gasteiger partial charge in [-0.25, -0.2) is 0 Å². The molecule has 0 aliphatic rings. The summed E-state index contributed by atoms with van der Waals surface area (Å²) >= 11 is 0. The lowest BCUT2D eigenvalue weighted by Crippen LogP contribution is -2.07. The van der Waals surface area contributed by atoms with Crippen molar-refractivity contribution in [1.29, 1.82) is 0 Å². The van der Waals surface area contributed by atoms with E-state index in [9.17, 15) is 18.3 Å². The molecule has 21 heavy (non-hydrogen) atoms. The smallest absolute Gasteiger partial charge is 0.388 e. The Balaban J connectivity index is 2.19. The molecule has 2 aromatic carbocycles. The predicted molar refractivity (Wildman–Crippen MR) is 76.0 cm³/mol. The number of benzene rings is 2. The Morgan fingerprint density at radius 2 is 1.71 bits per heavy atom. The van der Waals surface area contributed by atoms with Crippen molar-refractivity contribution < 1.29 is 18.3 Å². The molecule has 0 aliphatic carbocycles. The van der Waals surface area contributed by atoms with Gasteiger partial charge in [-0.15, -0.1) is 0 Å². The fourth-order valence-electron chi connectivity index (χ4n) is 2.19. The third-order valence-electron chi connectivity index (χ3n) is 3.60. The zero-order valence-corrected chi connectivity index (χ0v) is 11.9. The highest BCUT2D eigenvalue weighted by Gasteiger charge is 2.30. The van der Waals surface area contributed by atoms with E-state index in [0.29, 0.717) is 5.56 Å². The molecular formula is C17H17F3O. The standard InChI is InChI=1S/C17H17F3O/c1-11-6-7-14(8-12(11)2)16(21)10-13-4-3-5-15(9-13)17(18,19)20/h3-9,16,21H,10H2,1-2H3. The lowest BCUT2D eigenvalue weighted by atomic mass is 9.97. The summed E-state index contributed by atoms with van der Waals surface area (Å²) in [6.45, 7) is 3.91. The third kappa shape index (κ3) is 3.85. The van der Waals surface area contributed by atoms with Crippen LogP contribution in [-0.4, -0.2) is 5.11 Å². The van der Waals surface area contributed by atoms with E-state index in [0.717, 1.165) is 28.8 Å². The largest absolute Gasteiger partial charge is 0.416 e. The minimum Gasteiger partial charge on any atom is -0.388 e. The highest BCUT2D eigenvalue weighted by Crippen LogP contribution is 2.30. The zero-order chi connectivity index (χ0) is 15.6. The second kappa shape index (κ2) is 5.90. The van der Waals surface area contributed by atoms with Crippen molar-refractivity contribution in [2.24, 2.45) is 0 Å². The van der Waals surface area contributed by atoms with Gasteiger partial charge in [0.15, 0.2) is 0 Å². The molecule has 1 atom stereocenters. The van der Waals surface area contributed by atoms with E-state index in [1.54, 1.807) is 12.1 Å². The molecule has 0 spiro atoms. The van der Waals surface area contributed by atoms with E-state index in [2.05, 4.69) is 0 Å². The summed E-state index contributed by atoms with van der Waals surface area (Å²) in [7, 11) is 0. The van der Waals surface area contributed by atoms with Crippen molar-refractivity contribution >= 4 is 0 Å². The Morgan fingerprint density at radius 3 is 2.33 bits per heavy atom. The van der Waals surface area contributed by atoms with Crippen LogP contribution in [0.4, 0.5) is 13.2 Å². The van der Waals surface area contributed by atoms with Crippen LogP contribution < -0.4 is 0 Å². The Hall–Kier alpha value is -1.81. The number of alkyl halides is 3. The van der Waals surface area contributed by atoms with Gasteiger partial charge in [-0.05, 0) is 42.2 Å². The molecule has 1 N–H and O–H groups in total. The molecule has 1 nitrogen and oxygen atoms in total. The average Bonchev–Trinajstić information content (AvgIpc) is 2.41. The van der Waals surface area contributed by atoms with Crippen molar-refractivity contribution in [2.75, 3.05) is 0 Å². The summed E-state index contributed by atoms with van der Waals surface area (Å²) < 4.78 is 38.0. The second-order valence-electron chi connectivity index (χ2n) is 5.26. The Bertz CT molecular complexity index is 632. The van der Waals surface area contributed by atoms with E-state index < -0.39 is 17.8 Å². The molecule has 0 aromatic heterocycles. The topological polar surface area (TPSA) is 20.2 Å². The number of halogens is 3. The lowest BCUT2D eigenvalue weighted by Gasteiger charge is -2.14. The maximum Gasteiger partial charge on any atom is 0.416 e. The average molecular weight is 294 g/mol. The van der Waals surface area contributed by atoms with Crippen LogP contribution in [0.1, 0.15) is 33.9 Å². The summed E-state index contributed by atoms with van der Waals surface area (Å²) in [6.07, 6.45) is -5.01. The maximum atomic E-state index is 12.7. The zero-order valence-electron chi connectivity index (χ0n) is 11.9. The Morgan fingerprint density at radius 1 is 1.00 bits per heavy atom. The maximum absolute atomic E-state index is 12.7. The first kappa shape index (κ1) is 15.6. The number of aliphatic hydroxyl groups is 1. The van der Waals surface area contributed by atoms with Crippen LogP contribution in [-0.2, 0) is 12.6 Å². The molecule has 0 saturated heterocycles. The van der Waals surface area contributed by atoms with Crippen LogP contribution >= 0.6 is 0 Å². The highest BCUT2D eigenvalue weighted by atomic mass is 19.4. The Labute approximate surface area is 122 Å². The number of rotatable bonds is 3. The first-order chi connectivity index (χ1) is 9.77. The summed E-state index contributed by atoms with van der Waals surface area (Å²) in [5.74, 6) is 0. The summed E-state index contributed by atoms with van der Waals surface area (Å²) in [6, 6.07) is 10.7. The van der Waals surface area contributed by atoms with Gasteiger partial charge in [-0.1, -0.05) is 36.4 Å². The van der Waals surface area contributed by atoms with Crippen LogP contribution in [0, 0.1) is 13.8 Å². The SMILES string of the molecule is Cc1ccc(C(O)Cc2cccc(C(F)(F)F)c2)cc1C. The molecule has 4 heteroatoms. The van der Waals surface area contributed by atoms with Crippen molar-refractivity contribution in [1.82, 2.24) is 0 Å². The molecule has 2 aromatic rings. The van der Waals surface area contributed by atoms with Crippen LogP contribution in [0.25, 0.3) is 0 Å². The molecule has 1 unspecified atom stereocenters. The van der Waals surface area contributed by atoms with Crippen molar-refractivity contribution in [2.45, 2.75) is 32.5 Å². The van der Waals surface area contributed by atoms with E-state index in [-0.39, 0.29) is 6.42 Å². The molecule has 0 radical (unpaired) electrons. The van der Waals surface area contributed by atoms with Gasteiger partial charge in [0, 0.05) is 6.42 Å². The van der Waals surface area contributed by atoms with E-state index >= 15 is 0 Å². The summed E-state index contributed by atoms with van der Waals surface area (Å²) in [5.41, 5.74) is 2.67. The van der Waals surface area contributed by atoms with E-state index in [1.807, 2.05) is 26.0 Å². The van der Waals surface area contributed by atoms with Gasteiger partial charge in [-0.3, -0.25) is 0 Å². The van der Waals surface area contributed by atoms with E-state index in [1.165, 1.54) is 6.07 Å². The Kier molecular flexibility index (Phi) is 4.37.